The molecule has 1 N–H and O–H groups in total. The lowest BCUT2D eigenvalue weighted by molar-refractivity contribution is -0.154. The Hall–Kier alpha value is -1.06. The minimum absolute atomic E-state index is 0.0529. The van der Waals surface area contributed by atoms with E-state index in [4.69, 9.17) is 0 Å². The fourth-order valence-electron chi connectivity index (χ4n) is 3.04. The van der Waals surface area contributed by atoms with Crippen molar-refractivity contribution in [1.82, 2.24) is 4.90 Å². The van der Waals surface area contributed by atoms with Crippen molar-refractivity contribution in [2.24, 2.45) is 23.7 Å². The van der Waals surface area contributed by atoms with Crippen LogP contribution in [0.3, 0.4) is 0 Å². The van der Waals surface area contributed by atoms with Crippen LogP contribution in [-0.4, -0.2) is 34.5 Å². The molecule has 0 aromatic carbocycles. The van der Waals surface area contributed by atoms with E-state index >= 15 is 0 Å². The number of carbonyl (C=O) groups is 2. The predicted octanol–water partition coefficient (Wildman–Crippen LogP) is 1.60. The van der Waals surface area contributed by atoms with Crippen LogP contribution in [0.15, 0.2) is 0 Å². The van der Waals surface area contributed by atoms with E-state index in [2.05, 4.69) is 6.92 Å². The van der Waals surface area contributed by atoms with E-state index in [1.807, 2.05) is 13.8 Å². The van der Waals surface area contributed by atoms with Crippen molar-refractivity contribution in [3.63, 3.8) is 0 Å². The van der Waals surface area contributed by atoms with E-state index in [1.54, 1.807) is 4.90 Å². The van der Waals surface area contributed by atoms with Crippen LogP contribution >= 0.6 is 0 Å². The summed E-state index contributed by atoms with van der Waals surface area (Å²) in [7, 11) is 0. The van der Waals surface area contributed by atoms with Gasteiger partial charge in [-0.15, -0.1) is 0 Å². The summed E-state index contributed by atoms with van der Waals surface area (Å²) in [6.07, 6.45) is 1.55. The monoisotopic (exact) mass is 239 g/mol. The number of hydrogen-bond acceptors (Lipinski definition) is 2. The summed E-state index contributed by atoms with van der Waals surface area (Å²) in [5, 5.41) is 9.25. The minimum Gasteiger partial charge on any atom is -0.481 e. The van der Waals surface area contributed by atoms with Gasteiger partial charge in [-0.3, -0.25) is 9.59 Å². The quantitative estimate of drug-likeness (QED) is 0.813. The maximum absolute atomic E-state index is 12.0. The zero-order valence-corrected chi connectivity index (χ0v) is 10.7. The molecule has 1 saturated heterocycles. The first-order valence-corrected chi connectivity index (χ1v) is 6.44. The van der Waals surface area contributed by atoms with Crippen LogP contribution < -0.4 is 0 Å². The lowest BCUT2D eigenvalue weighted by Crippen LogP contribution is -2.53. The Morgan fingerprint density at radius 2 is 1.94 bits per heavy atom. The van der Waals surface area contributed by atoms with E-state index in [0.717, 1.165) is 6.54 Å². The SMILES string of the molecule is CC1CC1CN1C(=O)CC(C)C(C(=O)O)C1C. The van der Waals surface area contributed by atoms with Gasteiger partial charge >= 0.3 is 5.97 Å². The van der Waals surface area contributed by atoms with E-state index in [-0.39, 0.29) is 17.9 Å². The second-order valence-corrected chi connectivity index (χ2v) is 5.81. The third-order valence-electron chi connectivity index (χ3n) is 4.43. The molecule has 0 bridgehead atoms. The van der Waals surface area contributed by atoms with Gasteiger partial charge in [0.15, 0.2) is 0 Å². The summed E-state index contributed by atoms with van der Waals surface area (Å²) in [6.45, 7) is 6.67. The molecule has 1 aliphatic heterocycles. The molecule has 96 valence electrons. The summed E-state index contributed by atoms with van der Waals surface area (Å²) in [6, 6.07) is -0.170. The Balaban J connectivity index is 2.08. The van der Waals surface area contributed by atoms with Gasteiger partial charge in [-0.1, -0.05) is 13.8 Å². The lowest BCUT2D eigenvalue weighted by Gasteiger charge is -2.41. The zero-order valence-electron chi connectivity index (χ0n) is 10.7. The average Bonchev–Trinajstić information content (AvgIpc) is 2.88. The van der Waals surface area contributed by atoms with Crippen molar-refractivity contribution in [3.05, 3.63) is 0 Å². The molecule has 1 saturated carbocycles. The summed E-state index contributed by atoms with van der Waals surface area (Å²) in [5.41, 5.74) is 0. The molecule has 5 unspecified atom stereocenters. The van der Waals surface area contributed by atoms with Crippen molar-refractivity contribution < 1.29 is 14.7 Å². The van der Waals surface area contributed by atoms with Gasteiger partial charge in [-0.25, -0.2) is 0 Å². The number of likely N-dealkylation sites (tertiary alicyclic amines) is 1. The molecule has 2 fully saturated rings. The van der Waals surface area contributed by atoms with Crippen LogP contribution in [0.2, 0.25) is 0 Å². The number of amides is 1. The van der Waals surface area contributed by atoms with E-state index < -0.39 is 11.9 Å². The Morgan fingerprint density at radius 3 is 2.41 bits per heavy atom. The molecule has 0 aromatic rings. The molecular weight excluding hydrogens is 218 g/mol. The van der Waals surface area contributed by atoms with Gasteiger partial charge in [0.05, 0.1) is 5.92 Å². The number of nitrogens with zero attached hydrogens (tertiary/aromatic N) is 1. The highest BCUT2D eigenvalue weighted by atomic mass is 16.4. The topological polar surface area (TPSA) is 57.6 Å². The number of carbonyl (C=O) groups excluding carboxylic acids is 1. The van der Waals surface area contributed by atoms with Crippen LogP contribution in [0.25, 0.3) is 0 Å². The van der Waals surface area contributed by atoms with Crippen LogP contribution in [0.1, 0.15) is 33.6 Å². The highest BCUT2D eigenvalue weighted by Crippen LogP contribution is 2.40. The van der Waals surface area contributed by atoms with Crippen LogP contribution in [0.5, 0.6) is 0 Å². The number of carboxylic acids is 1. The highest BCUT2D eigenvalue weighted by Gasteiger charge is 2.44. The molecule has 0 aromatic heterocycles. The number of rotatable bonds is 3. The van der Waals surface area contributed by atoms with Crippen molar-refractivity contribution in [2.45, 2.75) is 39.7 Å². The first-order chi connectivity index (χ1) is 7.91. The second-order valence-electron chi connectivity index (χ2n) is 5.81. The molecule has 4 heteroatoms. The molecule has 1 heterocycles. The van der Waals surface area contributed by atoms with Gasteiger partial charge in [-0.2, -0.15) is 0 Å². The van der Waals surface area contributed by atoms with Crippen LogP contribution in [0, 0.1) is 23.7 Å². The molecule has 2 rings (SSSR count). The molecule has 1 amide bonds. The fraction of sp³-hybridized carbons (Fsp3) is 0.846. The highest BCUT2D eigenvalue weighted by molar-refractivity contribution is 5.81. The summed E-state index contributed by atoms with van der Waals surface area (Å²) in [5.74, 6) is 0.166. The standard InChI is InChI=1S/C13H21NO3/c1-7-4-10(7)6-14-9(3)12(13(16)17)8(2)5-11(14)15/h7-10,12H,4-6H2,1-3H3,(H,16,17). The Morgan fingerprint density at radius 1 is 1.35 bits per heavy atom. The van der Waals surface area contributed by atoms with Crippen molar-refractivity contribution in [1.29, 1.82) is 0 Å². The van der Waals surface area contributed by atoms with Gasteiger partial charge in [0.2, 0.25) is 5.91 Å². The maximum Gasteiger partial charge on any atom is 0.308 e. The maximum atomic E-state index is 12.0. The van der Waals surface area contributed by atoms with Crippen molar-refractivity contribution in [2.75, 3.05) is 6.54 Å². The first-order valence-electron chi connectivity index (χ1n) is 6.44. The molecule has 5 atom stereocenters. The fourth-order valence-corrected chi connectivity index (χ4v) is 3.04. The Kier molecular flexibility index (Phi) is 3.15. The summed E-state index contributed by atoms with van der Waals surface area (Å²) < 4.78 is 0. The van der Waals surface area contributed by atoms with Crippen LogP contribution in [0.4, 0.5) is 0 Å². The molecule has 2 aliphatic rings. The van der Waals surface area contributed by atoms with Crippen molar-refractivity contribution >= 4 is 11.9 Å². The van der Waals surface area contributed by atoms with E-state index in [0.29, 0.717) is 18.3 Å². The summed E-state index contributed by atoms with van der Waals surface area (Å²) >= 11 is 0. The third kappa shape index (κ3) is 2.31. The largest absolute Gasteiger partial charge is 0.481 e. The van der Waals surface area contributed by atoms with Gasteiger partial charge in [0.1, 0.15) is 0 Å². The predicted molar refractivity (Wildman–Crippen MR) is 63.4 cm³/mol. The molecule has 0 radical (unpaired) electrons. The number of hydrogen-bond donors (Lipinski definition) is 1. The number of piperidine rings is 1. The van der Waals surface area contributed by atoms with Gasteiger partial charge in [-0.05, 0) is 31.1 Å². The second kappa shape index (κ2) is 4.31. The Labute approximate surface area is 102 Å². The first kappa shape index (κ1) is 12.4. The minimum atomic E-state index is -0.772. The zero-order chi connectivity index (χ0) is 12.7. The smallest absolute Gasteiger partial charge is 0.308 e. The van der Waals surface area contributed by atoms with Crippen molar-refractivity contribution in [3.8, 4) is 0 Å². The molecule has 17 heavy (non-hydrogen) atoms. The molecule has 0 spiro atoms. The normalized spacial score (nSPS) is 41.5. The Bertz CT molecular complexity index is 342. The third-order valence-corrected chi connectivity index (χ3v) is 4.43. The number of carboxylic acid groups (broad SMARTS) is 1. The van der Waals surface area contributed by atoms with Gasteiger partial charge in [0.25, 0.3) is 0 Å². The molecular formula is C13H21NO3. The number of aliphatic carboxylic acids is 1. The van der Waals surface area contributed by atoms with E-state index in [9.17, 15) is 14.7 Å². The molecule has 1 aliphatic carbocycles. The van der Waals surface area contributed by atoms with E-state index in [1.165, 1.54) is 6.42 Å². The molecule has 4 nitrogen and oxygen atoms in total. The lowest BCUT2D eigenvalue weighted by atomic mass is 9.81. The average molecular weight is 239 g/mol. The van der Waals surface area contributed by atoms with Crippen LogP contribution in [-0.2, 0) is 9.59 Å². The van der Waals surface area contributed by atoms with Gasteiger partial charge in [0, 0.05) is 19.0 Å². The van der Waals surface area contributed by atoms with Gasteiger partial charge < -0.3 is 10.0 Å². The summed E-state index contributed by atoms with van der Waals surface area (Å²) in [4.78, 5) is 25.0.